The van der Waals surface area contributed by atoms with Crippen molar-refractivity contribution in [3.8, 4) is 0 Å². The van der Waals surface area contributed by atoms with E-state index in [1.54, 1.807) is 12.1 Å². The Morgan fingerprint density at radius 3 is 2.79 bits per heavy atom. The Morgan fingerprint density at radius 2 is 2.11 bits per heavy atom. The molecule has 0 amide bonds. The molecule has 1 heterocycles. The van der Waals surface area contributed by atoms with Gasteiger partial charge in [0.1, 0.15) is 5.82 Å². The first-order valence-corrected chi connectivity index (χ1v) is 6.82. The van der Waals surface area contributed by atoms with Crippen LogP contribution < -0.4 is 0 Å². The van der Waals surface area contributed by atoms with Gasteiger partial charge in [0.05, 0.1) is 16.6 Å². The van der Waals surface area contributed by atoms with Gasteiger partial charge in [-0.05, 0) is 24.6 Å². The van der Waals surface area contributed by atoms with Crippen molar-refractivity contribution in [1.82, 2.24) is 9.55 Å². The van der Waals surface area contributed by atoms with Crippen molar-refractivity contribution >= 4 is 17.0 Å². The molecule has 0 radical (unpaired) electrons. The highest BCUT2D eigenvalue weighted by Gasteiger charge is 2.10. The molecule has 2 rings (SSSR count). The average molecular weight is 260 g/mol. The fourth-order valence-corrected chi connectivity index (χ4v) is 2.32. The lowest BCUT2D eigenvalue weighted by Gasteiger charge is -2.02. The Labute approximate surface area is 113 Å². The molecule has 19 heavy (non-hydrogen) atoms. The van der Waals surface area contributed by atoms with Gasteiger partial charge in [-0.3, -0.25) is 0 Å². The number of aryl methyl sites for hydroxylation is 2. The monoisotopic (exact) mass is 260 g/mol. The minimum Gasteiger partial charge on any atom is -0.478 e. The van der Waals surface area contributed by atoms with Gasteiger partial charge >= 0.3 is 5.97 Å². The van der Waals surface area contributed by atoms with Crippen LogP contribution in [0.2, 0.25) is 0 Å². The van der Waals surface area contributed by atoms with E-state index in [4.69, 9.17) is 5.11 Å². The summed E-state index contributed by atoms with van der Waals surface area (Å²) in [6.45, 7) is 2.20. The molecule has 4 heteroatoms. The summed E-state index contributed by atoms with van der Waals surface area (Å²) in [6, 6.07) is 5.11. The maximum Gasteiger partial charge on any atom is 0.335 e. The Hall–Kier alpha value is -1.84. The lowest BCUT2D eigenvalue weighted by Crippen LogP contribution is -1.98. The summed E-state index contributed by atoms with van der Waals surface area (Å²) >= 11 is 0. The second kappa shape index (κ2) is 5.87. The van der Waals surface area contributed by atoms with Gasteiger partial charge in [-0.15, -0.1) is 0 Å². The highest BCUT2D eigenvalue weighted by molar-refractivity contribution is 5.92. The number of hydrogen-bond acceptors (Lipinski definition) is 2. The summed E-state index contributed by atoms with van der Waals surface area (Å²) in [7, 11) is 1.99. The van der Waals surface area contributed by atoms with Gasteiger partial charge in [0.2, 0.25) is 0 Å². The van der Waals surface area contributed by atoms with Gasteiger partial charge in [0.15, 0.2) is 0 Å². The molecule has 0 aliphatic carbocycles. The molecule has 1 N–H and O–H groups in total. The number of hydrogen-bond donors (Lipinski definition) is 1. The van der Waals surface area contributed by atoms with Crippen LogP contribution in [0.3, 0.4) is 0 Å². The number of imidazole rings is 1. The van der Waals surface area contributed by atoms with Crippen LogP contribution in [-0.4, -0.2) is 20.6 Å². The third-order valence-corrected chi connectivity index (χ3v) is 3.47. The Kier molecular flexibility index (Phi) is 4.20. The molecule has 0 aliphatic heterocycles. The van der Waals surface area contributed by atoms with Crippen molar-refractivity contribution in [2.45, 2.75) is 39.0 Å². The first-order chi connectivity index (χ1) is 9.13. The molecule has 1 aromatic heterocycles. The Bertz CT molecular complexity index is 587. The molecule has 0 atom stereocenters. The van der Waals surface area contributed by atoms with Gasteiger partial charge < -0.3 is 9.67 Å². The number of nitrogens with zero attached hydrogens (tertiary/aromatic N) is 2. The minimum atomic E-state index is -0.906. The van der Waals surface area contributed by atoms with Crippen LogP contribution in [0, 0.1) is 0 Å². The van der Waals surface area contributed by atoms with Gasteiger partial charge in [-0.1, -0.05) is 26.2 Å². The molecule has 0 unspecified atom stereocenters. The summed E-state index contributed by atoms with van der Waals surface area (Å²) < 4.78 is 2.06. The predicted octanol–water partition coefficient (Wildman–Crippen LogP) is 3.39. The molecule has 0 saturated carbocycles. The molecular formula is C15H20N2O2. The van der Waals surface area contributed by atoms with Crippen LogP contribution in [0.5, 0.6) is 0 Å². The summed E-state index contributed by atoms with van der Waals surface area (Å²) in [5, 5.41) is 8.99. The third kappa shape index (κ3) is 2.95. The van der Waals surface area contributed by atoms with Crippen molar-refractivity contribution in [2.75, 3.05) is 0 Å². The molecule has 0 aliphatic rings. The molecular weight excluding hydrogens is 240 g/mol. The number of carbonyl (C=O) groups is 1. The highest BCUT2D eigenvalue weighted by Crippen LogP contribution is 2.18. The van der Waals surface area contributed by atoms with E-state index in [1.807, 2.05) is 13.1 Å². The largest absolute Gasteiger partial charge is 0.478 e. The highest BCUT2D eigenvalue weighted by atomic mass is 16.4. The van der Waals surface area contributed by atoms with E-state index in [1.165, 1.54) is 19.3 Å². The molecule has 102 valence electrons. The first kappa shape index (κ1) is 13.6. The lowest BCUT2D eigenvalue weighted by atomic mass is 10.1. The van der Waals surface area contributed by atoms with Gasteiger partial charge in [-0.25, -0.2) is 9.78 Å². The summed E-state index contributed by atoms with van der Waals surface area (Å²) in [4.78, 5) is 15.5. The van der Waals surface area contributed by atoms with Crippen molar-refractivity contribution < 1.29 is 9.90 Å². The van der Waals surface area contributed by atoms with Crippen molar-refractivity contribution in [1.29, 1.82) is 0 Å². The Balaban J connectivity index is 2.21. The number of unbranched alkanes of at least 4 members (excludes halogenated alkanes) is 3. The minimum absolute atomic E-state index is 0.295. The number of rotatable bonds is 6. The van der Waals surface area contributed by atoms with Crippen molar-refractivity contribution in [3.05, 3.63) is 29.6 Å². The number of aromatic nitrogens is 2. The van der Waals surface area contributed by atoms with E-state index >= 15 is 0 Å². The fraction of sp³-hybridized carbons (Fsp3) is 0.467. The van der Waals surface area contributed by atoms with E-state index in [-0.39, 0.29) is 0 Å². The topological polar surface area (TPSA) is 55.1 Å². The molecule has 2 aromatic rings. The number of benzene rings is 1. The quantitative estimate of drug-likeness (QED) is 0.810. The van der Waals surface area contributed by atoms with Gasteiger partial charge in [0, 0.05) is 13.5 Å². The third-order valence-electron chi connectivity index (χ3n) is 3.47. The van der Waals surface area contributed by atoms with E-state index in [0.717, 1.165) is 29.7 Å². The van der Waals surface area contributed by atoms with Crippen LogP contribution in [0.4, 0.5) is 0 Å². The molecule has 1 aromatic carbocycles. The van der Waals surface area contributed by atoms with E-state index in [0.29, 0.717) is 5.56 Å². The van der Waals surface area contributed by atoms with Crippen LogP contribution >= 0.6 is 0 Å². The number of fused-ring (bicyclic) bond motifs is 1. The van der Waals surface area contributed by atoms with Crippen LogP contribution in [0.25, 0.3) is 11.0 Å². The lowest BCUT2D eigenvalue weighted by molar-refractivity contribution is 0.0697. The second-order valence-electron chi connectivity index (χ2n) is 4.91. The number of carboxylic acid groups (broad SMARTS) is 1. The van der Waals surface area contributed by atoms with Gasteiger partial charge in [-0.2, -0.15) is 0 Å². The zero-order chi connectivity index (χ0) is 13.8. The second-order valence-corrected chi connectivity index (χ2v) is 4.91. The fourth-order valence-electron chi connectivity index (χ4n) is 2.32. The van der Waals surface area contributed by atoms with Crippen molar-refractivity contribution in [2.24, 2.45) is 7.05 Å². The van der Waals surface area contributed by atoms with E-state index in [2.05, 4.69) is 16.5 Å². The maximum atomic E-state index is 10.9. The van der Waals surface area contributed by atoms with Crippen LogP contribution in [0.15, 0.2) is 18.2 Å². The summed E-state index contributed by atoms with van der Waals surface area (Å²) in [5.41, 5.74) is 2.06. The molecule has 0 bridgehead atoms. The SMILES string of the molecule is CCCCCCc1nc2cc(C(=O)O)ccc2n1C. The molecule has 0 saturated heterocycles. The molecule has 0 fully saturated rings. The van der Waals surface area contributed by atoms with E-state index < -0.39 is 5.97 Å². The summed E-state index contributed by atoms with van der Waals surface area (Å²) in [6.07, 6.45) is 5.79. The maximum absolute atomic E-state index is 10.9. The van der Waals surface area contributed by atoms with E-state index in [9.17, 15) is 4.79 Å². The predicted molar refractivity (Wildman–Crippen MR) is 75.5 cm³/mol. The standard InChI is InChI=1S/C15H20N2O2/c1-3-4-5-6-7-14-16-12-10-11(15(18)19)8-9-13(12)17(14)2/h8-10H,3-7H2,1-2H3,(H,18,19). The number of aromatic carboxylic acids is 1. The first-order valence-electron chi connectivity index (χ1n) is 6.82. The normalized spacial score (nSPS) is 11.1. The smallest absolute Gasteiger partial charge is 0.335 e. The van der Waals surface area contributed by atoms with Crippen molar-refractivity contribution in [3.63, 3.8) is 0 Å². The Morgan fingerprint density at radius 1 is 1.32 bits per heavy atom. The zero-order valence-corrected chi connectivity index (χ0v) is 11.5. The van der Waals surface area contributed by atoms with Crippen LogP contribution in [-0.2, 0) is 13.5 Å². The average Bonchev–Trinajstić information content (AvgIpc) is 2.71. The zero-order valence-electron chi connectivity index (χ0n) is 11.5. The number of carboxylic acids is 1. The van der Waals surface area contributed by atoms with Gasteiger partial charge in [0.25, 0.3) is 0 Å². The van der Waals surface area contributed by atoms with Crippen LogP contribution in [0.1, 0.15) is 48.8 Å². The molecule has 0 spiro atoms. The molecule has 4 nitrogen and oxygen atoms in total. The summed E-state index contributed by atoms with van der Waals surface area (Å²) in [5.74, 6) is 0.130.